The number of carbonyl (C=O) groups is 4. The molecule has 21 heavy (non-hydrogen) atoms. The average Bonchev–Trinajstić information content (AvgIpc) is 2.30. The van der Waals surface area contributed by atoms with E-state index in [-0.39, 0.29) is 21.7 Å². The van der Waals surface area contributed by atoms with E-state index in [2.05, 4.69) is 9.78 Å². The predicted molar refractivity (Wildman–Crippen MR) is 67.6 cm³/mol. The predicted octanol–water partition coefficient (Wildman–Crippen LogP) is 0.778. The third-order valence-electron chi connectivity index (χ3n) is 2.23. The largest absolute Gasteiger partial charge is 0.412 e. The molecule has 0 unspecified atom stereocenters. The molecule has 0 aliphatic carbocycles. The van der Waals surface area contributed by atoms with Gasteiger partial charge in [-0.1, -0.05) is 0 Å². The molecule has 7 nitrogen and oxygen atoms in total. The Labute approximate surface area is 138 Å². The smallest absolute Gasteiger partial charge is 0.350 e. The summed E-state index contributed by atoms with van der Waals surface area (Å²) in [5, 5.41) is 0. The minimum Gasteiger partial charge on any atom is -0.350 e. The summed E-state index contributed by atoms with van der Waals surface area (Å²) in [5.74, 6) is -4.62. The maximum absolute atomic E-state index is 12.1. The van der Waals surface area contributed by atoms with Gasteiger partial charge in [-0.05, 0) is 41.5 Å². The van der Waals surface area contributed by atoms with Crippen molar-refractivity contribution >= 4 is 23.3 Å². The second-order valence-electron chi connectivity index (χ2n) is 4.81. The zero-order valence-corrected chi connectivity index (χ0v) is 14.6. The molecule has 0 heterocycles. The number of Topliss-reactive ketones (excluding diaryl/α,β-unsaturated/α-hetero) is 3. The van der Waals surface area contributed by atoms with Crippen LogP contribution in [0.2, 0.25) is 0 Å². The number of hydrogen-bond donors (Lipinski definition) is 0. The molecule has 0 fully saturated rings. The average molecular weight is 336 g/mol. The topological polar surface area (TPSA) is 96.0 Å². The number of rotatable bonds is 8. The van der Waals surface area contributed by atoms with Crippen molar-refractivity contribution in [1.29, 1.82) is 0 Å². The first-order valence-electron chi connectivity index (χ1n) is 6.17. The third kappa shape index (κ3) is 5.78. The van der Waals surface area contributed by atoms with Gasteiger partial charge in [0.1, 0.15) is 0 Å². The number of ketones is 3. The maximum atomic E-state index is 12.1. The SMILES string of the molecule is CC(=O)C(OC(C)C)(C(C)=O)C(=O)C(=O)OOC(C)C.[Ti]. The number of ether oxygens (including phenoxy) is 1. The second-order valence-corrected chi connectivity index (χ2v) is 4.81. The molecule has 0 bridgehead atoms. The Bertz CT molecular complexity index is 401. The van der Waals surface area contributed by atoms with Crippen LogP contribution in [-0.2, 0) is 55.4 Å². The van der Waals surface area contributed by atoms with Gasteiger partial charge in [0.05, 0.1) is 12.2 Å². The molecular formula is C13H20O7Ti. The van der Waals surface area contributed by atoms with E-state index in [1.165, 1.54) is 13.8 Å². The molecule has 0 aromatic carbocycles. The first kappa shape index (κ1) is 22.4. The molecule has 118 valence electrons. The van der Waals surface area contributed by atoms with E-state index in [1.807, 2.05) is 0 Å². The minimum absolute atomic E-state index is 0. The van der Waals surface area contributed by atoms with Crippen molar-refractivity contribution in [2.24, 2.45) is 0 Å². The Morgan fingerprint density at radius 3 is 1.57 bits per heavy atom. The van der Waals surface area contributed by atoms with Crippen LogP contribution in [0.5, 0.6) is 0 Å². The van der Waals surface area contributed by atoms with Gasteiger partial charge in [0, 0.05) is 21.7 Å². The summed E-state index contributed by atoms with van der Waals surface area (Å²) in [7, 11) is 0. The van der Waals surface area contributed by atoms with Crippen molar-refractivity contribution < 1.29 is 55.4 Å². The van der Waals surface area contributed by atoms with Crippen molar-refractivity contribution in [3.63, 3.8) is 0 Å². The summed E-state index contributed by atoms with van der Waals surface area (Å²) >= 11 is 0. The van der Waals surface area contributed by atoms with E-state index in [0.29, 0.717) is 0 Å². The molecule has 0 radical (unpaired) electrons. The zero-order chi connectivity index (χ0) is 16.1. The fourth-order valence-electron chi connectivity index (χ4n) is 1.46. The standard InChI is InChI=1S/C13H20O7.Ti/c1-7(2)18-13(9(5)14,10(6)15)11(16)12(17)20-19-8(3)4;/h7-8H,1-6H3;. The molecule has 0 atom stereocenters. The second kappa shape index (κ2) is 9.20. The number of carbonyl (C=O) groups excluding carboxylic acids is 4. The fourth-order valence-corrected chi connectivity index (χ4v) is 1.46. The van der Waals surface area contributed by atoms with Crippen LogP contribution in [0, 0.1) is 0 Å². The summed E-state index contributed by atoms with van der Waals surface area (Å²) < 4.78 is 5.15. The van der Waals surface area contributed by atoms with Crippen molar-refractivity contribution in [2.45, 2.75) is 59.4 Å². The molecule has 0 saturated carbocycles. The van der Waals surface area contributed by atoms with Gasteiger partial charge in [-0.15, -0.1) is 0 Å². The minimum atomic E-state index is -2.48. The van der Waals surface area contributed by atoms with Crippen molar-refractivity contribution in [3.05, 3.63) is 0 Å². The summed E-state index contributed by atoms with van der Waals surface area (Å²) in [6.07, 6.45) is -1.09. The van der Waals surface area contributed by atoms with E-state index in [1.54, 1.807) is 13.8 Å². The molecule has 0 aliphatic rings. The summed E-state index contributed by atoms with van der Waals surface area (Å²) in [4.78, 5) is 55.9. The van der Waals surface area contributed by atoms with E-state index in [4.69, 9.17) is 4.74 Å². The van der Waals surface area contributed by atoms with Crippen LogP contribution in [0.1, 0.15) is 41.5 Å². The van der Waals surface area contributed by atoms with E-state index in [0.717, 1.165) is 13.8 Å². The normalized spacial score (nSPS) is 11.0. The molecule has 0 aliphatic heterocycles. The third-order valence-corrected chi connectivity index (χ3v) is 2.23. The van der Waals surface area contributed by atoms with Gasteiger partial charge >= 0.3 is 5.97 Å². The first-order valence-corrected chi connectivity index (χ1v) is 6.17. The van der Waals surface area contributed by atoms with Gasteiger partial charge in [-0.2, -0.15) is 4.89 Å². The Morgan fingerprint density at radius 1 is 0.857 bits per heavy atom. The number of hydrogen-bond acceptors (Lipinski definition) is 7. The van der Waals surface area contributed by atoms with Crippen molar-refractivity contribution in [3.8, 4) is 0 Å². The van der Waals surface area contributed by atoms with Crippen LogP contribution in [-0.4, -0.2) is 41.1 Å². The van der Waals surface area contributed by atoms with Gasteiger partial charge in [-0.3, -0.25) is 19.3 Å². The van der Waals surface area contributed by atoms with E-state index in [9.17, 15) is 19.2 Å². The van der Waals surface area contributed by atoms with Crippen LogP contribution >= 0.6 is 0 Å². The van der Waals surface area contributed by atoms with Gasteiger partial charge < -0.3 is 4.74 Å². The van der Waals surface area contributed by atoms with Crippen LogP contribution in [0.4, 0.5) is 0 Å². The quantitative estimate of drug-likeness (QED) is 0.212. The molecule has 0 spiro atoms. The molecule has 0 amide bonds. The van der Waals surface area contributed by atoms with Crippen LogP contribution in [0.15, 0.2) is 0 Å². The fraction of sp³-hybridized carbons (Fsp3) is 0.692. The van der Waals surface area contributed by atoms with Gasteiger partial charge in [0.25, 0.3) is 11.4 Å². The molecule has 8 heteroatoms. The van der Waals surface area contributed by atoms with Crippen molar-refractivity contribution in [2.75, 3.05) is 0 Å². The monoisotopic (exact) mass is 336 g/mol. The molecule has 0 rings (SSSR count). The maximum Gasteiger partial charge on any atom is 0.412 e. The van der Waals surface area contributed by atoms with Crippen LogP contribution in [0.3, 0.4) is 0 Å². The Morgan fingerprint density at radius 2 is 1.29 bits per heavy atom. The molecule has 0 aromatic rings. The molecule has 0 aromatic heterocycles. The summed E-state index contributed by atoms with van der Waals surface area (Å²) in [6, 6.07) is 0. The Balaban J connectivity index is 0. The summed E-state index contributed by atoms with van der Waals surface area (Å²) in [6.45, 7) is 8.21. The Hall–Kier alpha value is -0.886. The zero-order valence-electron chi connectivity index (χ0n) is 13.0. The van der Waals surface area contributed by atoms with Gasteiger partial charge in [-0.25, -0.2) is 4.79 Å². The van der Waals surface area contributed by atoms with Gasteiger partial charge in [0.2, 0.25) is 0 Å². The van der Waals surface area contributed by atoms with E-state index < -0.39 is 41.1 Å². The molecular weight excluding hydrogens is 316 g/mol. The summed E-state index contributed by atoms with van der Waals surface area (Å²) in [5.41, 5.74) is -2.48. The first-order chi connectivity index (χ1) is 9.05. The van der Waals surface area contributed by atoms with Crippen molar-refractivity contribution in [1.82, 2.24) is 0 Å². The van der Waals surface area contributed by atoms with Gasteiger partial charge in [0.15, 0.2) is 11.6 Å². The van der Waals surface area contributed by atoms with E-state index >= 15 is 0 Å². The molecule has 0 N–H and O–H groups in total. The van der Waals surface area contributed by atoms with Crippen LogP contribution < -0.4 is 0 Å². The Kier molecular flexibility index (Phi) is 9.81. The molecule has 0 saturated heterocycles. The van der Waals surface area contributed by atoms with Crippen LogP contribution in [0.25, 0.3) is 0 Å².